The first-order valence-corrected chi connectivity index (χ1v) is 8.20. The van der Waals surface area contributed by atoms with Gasteiger partial charge in [-0.25, -0.2) is 4.98 Å². The fourth-order valence-corrected chi connectivity index (χ4v) is 3.06. The van der Waals surface area contributed by atoms with Crippen molar-refractivity contribution in [2.75, 3.05) is 17.7 Å². The molecule has 1 heterocycles. The van der Waals surface area contributed by atoms with Crippen LogP contribution in [0.15, 0.2) is 54.6 Å². The summed E-state index contributed by atoms with van der Waals surface area (Å²) in [5.41, 5.74) is 1.80. The first-order valence-electron chi connectivity index (χ1n) is 7.38. The third-order valence-electron chi connectivity index (χ3n) is 3.43. The Hall–Kier alpha value is -3.26. The maximum atomic E-state index is 12.6. The number of carbonyl (C=O) groups excluding carboxylic acids is 1. The van der Waals surface area contributed by atoms with Crippen molar-refractivity contribution in [2.24, 2.45) is 0 Å². The second kappa shape index (κ2) is 7.10. The number of aromatic nitrogens is 1. The number of nitrogens with one attached hydrogen (secondary N) is 2. The molecule has 8 heteroatoms. The maximum absolute atomic E-state index is 12.6. The summed E-state index contributed by atoms with van der Waals surface area (Å²) in [7, 11) is 1.72. The fraction of sp³-hybridized carbons (Fsp3) is 0.0588. The molecule has 7 nitrogen and oxygen atoms in total. The number of nitrogens with zero attached hydrogens (tertiary/aromatic N) is 2. The van der Waals surface area contributed by atoms with Gasteiger partial charge in [-0.05, 0) is 24.3 Å². The molecule has 0 unspecified atom stereocenters. The molecule has 0 aliphatic carbocycles. The Balaban J connectivity index is 1.95. The van der Waals surface area contributed by atoms with E-state index in [9.17, 15) is 14.9 Å². The molecule has 2 N–H and O–H groups in total. The normalized spacial score (nSPS) is 10.3. The number of rotatable bonds is 5. The lowest BCUT2D eigenvalue weighted by Crippen LogP contribution is -2.11. The Morgan fingerprint density at radius 1 is 1.12 bits per heavy atom. The molecule has 126 valence electrons. The monoisotopic (exact) mass is 354 g/mol. The molecule has 0 saturated heterocycles. The third kappa shape index (κ3) is 3.64. The summed E-state index contributed by atoms with van der Waals surface area (Å²) in [6.45, 7) is 0. The van der Waals surface area contributed by atoms with Crippen molar-refractivity contribution in [2.45, 2.75) is 0 Å². The van der Waals surface area contributed by atoms with Crippen molar-refractivity contribution in [3.05, 3.63) is 69.6 Å². The molecule has 1 amide bonds. The Morgan fingerprint density at radius 3 is 2.40 bits per heavy atom. The number of nitro groups is 1. The number of para-hydroxylation sites is 1. The van der Waals surface area contributed by atoms with Crippen LogP contribution in [-0.2, 0) is 0 Å². The van der Waals surface area contributed by atoms with E-state index in [4.69, 9.17) is 0 Å². The van der Waals surface area contributed by atoms with Gasteiger partial charge in [-0.15, -0.1) is 0 Å². The van der Waals surface area contributed by atoms with Gasteiger partial charge in [0.15, 0.2) is 5.13 Å². The second-order valence-electron chi connectivity index (χ2n) is 5.07. The lowest BCUT2D eigenvalue weighted by Gasteiger charge is -2.05. The largest absolute Gasteiger partial charge is 0.365 e. The van der Waals surface area contributed by atoms with E-state index >= 15 is 0 Å². The molecule has 2 aromatic carbocycles. The number of anilines is 2. The van der Waals surface area contributed by atoms with Crippen LogP contribution in [0.25, 0.3) is 11.3 Å². The molecule has 0 spiro atoms. The third-order valence-corrected chi connectivity index (χ3v) is 4.50. The van der Waals surface area contributed by atoms with Crippen molar-refractivity contribution >= 4 is 33.8 Å². The number of benzene rings is 2. The molecule has 0 saturated carbocycles. The van der Waals surface area contributed by atoms with Crippen LogP contribution >= 0.6 is 11.3 Å². The number of carbonyl (C=O) groups is 1. The topological polar surface area (TPSA) is 97.2 Å². The number of amides is 1. The van der Waals surface area contributed by atoms with Gasteiger partial charge in [0.05, 0.1) is 10.6 Å². The van der Waals surface area contributed by atoms with Crippen LogP contribution in [0.4, 0.5) is 16.5 Å². The van der Waals surface area contributed by atoms with Crippen LogP contribution in [0, 0.1) is 10.1 Å². The van der Waals surface area contributed by atoms with Gasteiger partial charge in [-0.3, -0.25) is 14.9 Å². The summed E-state index contributed by atoms with van der Waals surface area (Å²) in [5, 5.41) is 17.1. The highest BCUT2D eigenvalue weighted by Crippen LogP contribution is 2.32. The molecule has 0 aliphatic rings. The molecular weight excluding hydrogens is 340 g/mol. The van der Waals surface area contributed by atoms with Gasteiger partial charge < -0.3 is 10.6 Å². The minimum atomic E-state index is -0.465. The van der Waals surface area contributed by atoms with E-state index in [1.165, 1.54) is 23.5 Å². The van der Waals surface area contributed by atoms with Crippen molar-refractivity contribution in [1.82, 2.24) is 4.98 Å². The Morgan fingerprint density at radius 2 is 1.80 bits per heavy atom. The summed E-state index contributed by atoms with van der Waals surface area (Å²) in [6, 6.07) is 15.1. The molecule has 0 fully saturated rings. The zero-order chi connectivity index (χ0) is 17.8. The van der Waals surface area contributed by atoms with Crippen molar-refractivity contribution < 1.29 is 9.72 Å². The van der Waals surface area contributed by atoms with Gasteiger partial charge in [-0.2, -0.15) is 0 Å². The number of nitro benzene ring substituents is 1. The predicted molar refractivity (Wildman–Crippen MR) is 98.1 cm³/mol. The van der Waals surface area contributed by atoms with Crippen LogP contribution in [0.3, 0.4) is 0 Å². The van der Waals surface area contributed by atoms with E-state index < -0.39 is 4.92 Å². The molecule has 0 atom stereocenters. The van der Waals surface area contributed by atoms with Gasteiger partial charge in [0.1, 0.15) is 4.88 Å². The highest BCUT2D eigenvalue weighted by molar-refractivity contribution is 7.18. The van der Waals surface area contributed by atoms with E-state index in [2.05, 4.69) is 15.6 Å². The number of hydrogen-bond acceptors (Lipinski definition) is 6. The molecule has 0 radical (unpaired) electrons. The summed E-state index contributed by atoms with van der Waals surface area (Å²) in [6.07, 6.45) is 0. The molecule has 0 bridgehead atoms. The van der Waals surface area contributed by atoms with Crippen LogP contribution in [0.5, 0.6) is 0 Å². The lowest BCUT2D eigenvalue weighted by atomic mass is 10.1. The summed E-state index contributed by atoms with van der Waals surface area (Å²) in [5.74, 6) is -0.279. The van der Waals surface area contributed by atoms with Crippen LogP contribution in [0.2, 0.25) is 0 Å². The van der Waals surface area contributed by atoms with Crippen molar-refractivity contribution in [3.63, 3.8) is 0 Å². The minimum Gasteiger partial charge on any atom is -0.365 e. The van der Waals surface area contributed by atoms with E-state index in [0.29, 0.717) is 27.0 Å². The zero-order valence-electron chi connectivity index (χ0n) is 13.2. The van der Waals surface area contributed by atoms with Gasteiger partial charge in [0.2, 0.25) is 0 Å². The Labute approximate surface area is 147 Å². The van der Waals surface area contributed by atoms with Crippen LogP contribution < -0.4 is 10.6 Å². The molecule has 3 aromatic rings. The van der Waals surface area contributed by atoms with Crippen LogP contribution in [0.1, 0.15) is 9.67 Å². The van der Waals surface area contributed by atoms with E-state index in [-0.39, 0.29) is 11.6 Å². The van der Waals surface area contributed by atoms with Crippen LogP contribution in [-0.4, -0.2) is 22.9 Å². The first-order chi connectivity index (χ1) is 12.1. The summed E-state index contributed by atoms with van der Waals surface area (Å²) < 4.78 is 0. The van der Waals surface area contributed by atoms with Gasteiger partial charge in [-0.1, -0.05) is 29.5 Å². The summed E-state index contributed by atoms with van der Waals surface area (Å²) >= 11 is 1.22. The highest BCUT2D eigenvalue weighted by atomic mass is 32.1. The second-order valence-corrected chi connectivity index (χ2v) is 6.07. The SMILES string of the molecule is CNc1nc(-c2ccc([N+](=O)[O-])cc2)c(C(=O)Nc2ccccc2)s1. The van der Waals surface area contributed by atoms with E-state index in [1.54, 1.807) is 31.3 Å². The molecule has 1 aromatic heterocycles. The lowest BCUT2D eigenvalue weighted by molar-refractivity contribution is -0.384. The Bertz CT molecular complexity index is 907. The average molecular weight is 354 g/mol. The number of thiazole rings is 1. The van der Waals surface area contributed by atoms with Gasteiger partial charge >= 0.3 is 0 Å². The molecule has 0 aliphatic heterocycles. The number of non-ortho nitro benzene ring substituents is 1. The first kappa shape index (κ1) is 16.6. The average Bonchev–Trinajstić information content (AvgIpc) is 3.07. The van der Waals surface area contributed by atoms with Gasteiger partial charge in [0.25, 0.3) is 11.6 Å². The van der Waals surface area contributed by atoms with E-state index in [1.807, 2.05) is 18.2 Å². The predicted octanol–water partition coefficient (Wildman–Crippen LogP) is 4.01. The number of hydrogen-bond donors (Lipinski definition) is 2. The fourth-order valence-electron chi connectivity index (χ4n) is 2.23. The Kier molecular flexibility index (Phi) is 4.71. The highest BCUT2D eigenvalue weighted by Gasteiger charge is 2.20. The quantitative estimate of drug-likeness (QED) is 0.533. The standard InChI is InChI=1S/C17H14N4O3S/c1-18-17-20-14(11-7-9-13(10-8-11)21(23)24)15(25-17)16(22)19-12-5-3-2-4-6-12/h2-10H,1H3,(H,18,20)(H,19,22). The zero-order valence-corrected chi connectivity index (χ0v) is 14.0. The summed E-state index contributed by atoms with van der Waals surface area (Å²) in [4.78, 5) is 27.8. The van der Waals surface area contributed by atoms with Crippen molar-refractivity contribution in [3.8, 4) is 11.3 Å². The smallest absolute Gasteiger partial charge is 0.269 e. The maximum Gasteiger partial charge on any atom is 0.269 e. The molecule has 25 heavy (non-hydrogen) atoms. The minimum absolute atomic E-state index is 0.0110. The van der Waals surface area contributed by atoms with Crippen molar-refractivity contribution in [1.29, 1.82) is 0 Å². The molecule has 3 rings (SSSR count). The van der Waals surface area contributed by atoms with E-state index in [0.717, 1.165) is 0 Å². The van der Waals surface area contributed by atoms with Gasteiger partial charge in [0, 0.05) is 30.4 Å². The molecular formula is C17H14N4O3S.